The number of hydrogen-bond donors (Lipinski definition) is 1. The van der Waals surface area contributed by atoms with Crippen molar-refractivity contribution in [2.24, 2.45) is 0 Å². The van der Waals surface area contributed by atoms with E-state index >= 15 is 0 Å². The molecule has 1 aromatic heterocycles. The Morgan fingerprint density at radius 2 is 1.88 bits per heavy atom. The lowest BCUT2D eigenvalue weighted by atomic mass is 10.2. The fraction of sp³-hybridized carbons (Fsp3) is 0.154. The minimum atomic E-state index is -0.885. The summed E-state index contributed by atoms with van der Waals surface area (Å²) in [5, 5.41) is 8.77. The van der Waals surface area contributed by atoms with Crippen LogP contribution in [0.5, 0.6) is 0 Å². The number of thiophene rings is 1. The van der Waals surface area contributed by atoms with Gasteiger partial charge in [0.1, 0.15) is 4.88 Å². The van der Waals surface area contributed by atoms with Gasteiger partial charge >= 0.3 is 5.97 Å². The van der Waals surface area contributed by atoms with E-state index in [1.54, 1.807) is 12.1 Å². The molecule has 3 nitrogen and oxygen atoms in total. The largest absolute Gasteiger partial charge is 0.477 e. The Bertz CT molecular complexity index is 490. The van der Waals surface area contributed by atoms with Crippen LogP contribution in [0.3, 0.4) is 0 Å². The molecule has 0 spiro atoms. The van der Waals surface area contributed by atoms with E-state index in [1.165, 1.54) is 11.3 Å². The Morgan fingerprint density at radius 3 is 2.53 bits per heavy atom. The number of carbonyl (C=O) groups is 1. The average Bonchev–Trinajstić information content (AvgIpc) is 2.79. The molecule has 88 valence electrons. The van der Waals surface area contributed by atoms with Gasteiger partial charge in [0.2, 0.25) is 0 Å². The van der Waals surface area contributed by atoms with E-state index in [1.807, 2.05) is 30.3 Å². The van der Waals surface area contributed by atoms with E-state index in [9.17, 15) is 4.79 Å². The Kier molecular flexibility index (Phi) is 3.90. The number of ether oxygens (including phenoxy) is 1. The molecule has 0 atom stereocenters. The highest BCUT2D eigenvalue weighted by molar-refractivity contribution is 7.13. The monoisotopic (exact) mass is 248 g/mol. The van der Waals surface area contributed by atoms with Crippen LogP contribution in [-0.2, 0) is 18.0 Å². The van der Waals surface area contributed by atoms with E-state index < -0.39 is 5.97 Å². The van der Waals surface area contributed by atoms with Crippen molar-refractivity contribution in [3.05, 3.63) is 57.8 Å². The fourth-order valence-electron chi connectivity index (χ4n) is 1.41. The SMILES string of the molecule is O=C(O)c1ccc(COCc2ccccc2)s1. The average molecular weight is 248 g/mol. The third-order valence-corrected chi connectivity index (χ3v) is 3.28. The van der Waals surface area contributed by atoms with Crippen LogP contribution in [0.2, 0.25) is 0 Å². The van der Waals surface area contributed by atoms with Crippen LogP contribution < -0.4 is 0 Å². The molecule has 0 radical (unpaired) electrons. The van der Waals surface area contributed by atoms with E-state index in [4.69, 9.17) is 9.84 Å². The van der Waals surface area contributed by atoms with Gasteiger partial charge in [-0.1, -0.05) is 30.3 Å². The lowest BCUT2D eigenvalue weighted by molar-refractivity contribution is 0.0702. The summed E-state index contributed by atoms with van der Waals surface area (Å²) in [5.41, 5.74) is 1.11. The third kappa shape index (κ3) is 3.41. The molecule has 0 aliphatic rings. The summed E-state index contributed by atoms with van der Waals surface area (Å²) < 4.78 is 5.52. The second-order valence-corrected chi connectivity index (χ2v) is 4.72. The van der Waals surface area contributed by atoms with Crippen LogP contribution in [-0.4, -0.2) is 11.1 Å². The van der Waals surface area contributed by atoms with Gasteiger partial charge < -0.3 is 9.84 Å². The molecule has 0 saturated heterocycles. The predicted molar refractivity (Wildman–Crippen MR) is 66.2 cm³/mol. The van der Waals surface area contributed by atoms with Crippen LogP contribution in [0.25, 0.3) is 0 Å². The van der Waals surface area contributed by atoms with E-state index in [2.05, 4.69) is 0 Å². The molecule has 0 bridgehead atoms. The summed E-state index contributed by atoms with van der Waals surface area (Å²) in [6.07, 6.45) is 0. The van der Waals surface area contributed by atoms with Crippen molar-refractivity contribution in [3.63, 3.8) is 0 Å². The van der Waals surface area contributed by atoms with Gasteiger partial charge in [-0.05, 0) is 17.7 Å². The lowest BCUT2D eigenvalue weighted by Crippen LogP contribution is -1.92. The third-order valence-electron chi connectivity index (χ3n) is 2.23. The maximum absolute atomic E-state index is 10.7. The van der Waals surface area contributed by atoms with Gasteiger partial charge in [-0.15, -0.1) is 11.3 Å². The predicted octanol–water partition coefficient (Wildman–Crippen LogP) is 3.16. The number of hydrogen-bond acceptors (Lipinski definition) is 3. The molecule has 0 saturated carbocycles. The molecule has 4 heteroatoms. The summed E-state index contributed by atoms with van der Waals surface area (Å²) in [6, 6.07) is 13.3. The minimum Gasteiger partial charge on any atom is -0.477 e. The van der Waals surface area contributed by atoms with Gasteiger partial charge in [-0.3, -0.25) is 0 Å². The number of carboxylic acids is 1. The van der Waals surface area contributed by atoms with Crippen LogP contribution in [0.15, 0.2) is 42.5 Å². The molecule has 0 aliphatic heterocycles. The van der Waals surface area contributed by atoms with Crippen molar-refractivity contribution < 1.29 is 14.6 Å². The summed E-state index contributed by atoms with van der Waals surface area (Å²) in [4.78, 5) is 12.0. The molecule has 0 aliphatic carbocycles. The quantitative estimate of drug-likeness (QED) is 0.884. The Morgan fingerprint density at radius 1 is 1.12 bits per heavy atom. The maximum atomic E-state index is 10.7. The molecule has 0 unspecified atom stereocenters. The van der Waals surface area contributed by atoms with Crippen LogP contribution in [0, 0.1) is 0 Å². The number of carboxylic acid groups (broad SMARTS) is 1. The standard InChI is InChI=1S/C13H12O3S/c14-13(15)12-7-6-11(17-12)9-16-8-10-4-2-1-3-5-10/h1-7H,8-9H2,(H,14,15). The first-order chi connectivity index (χ1) is 8.25. The van der Waals surface area contributed by atoms with Crippen LogP contribution >= 0.6 is 11.3 Å². The van der Waals surface area contributed by atoms with Gasteiger partial charge in [0.25, 0.3) is 0 Å². The van der Waals surface area contributed by atoms with Crippen LogP contribution in [0.1, 0.15) is 20.1 Å². The summed E-state index contributed by atoms with van der Waals surface area (Å²) >= 11 is 1.25. The minimum absolute atomic E-state index is 0.350. The van der Waals surface area contributed by atoms with Crippen molar-refractivity contribution in [3.8, 4) is 0 Å². The van der Waals surface area contributed by atoms with Gasteiger partial charge in [-0.2, -0.15) is 0 Å². The highest BCUT2D eigenvalue weighted by Crippen LogP contribution is 2.17. The number of rotatable bonds is 5. The van der Waals surface area contributed by atoms with E-state index in [-0.39, 0.29) is 0 Å². The van der Waals surface area contributed by atoms with Gasteiger partial charge in [0.15, 0.2) is 0 Å². The Balaban J connectivity index is 1.84. The zero-order valence-corrected chi connectivity index (χ0v) is 9.94. The van der Waals surface area contributed by atoms with Crippen molar-refractivity contribution >= 4 is 17.3 Å². The molecule has 0 fully saturated rings. The molecule has 2 aromatic rings. The van der Waals surface area contributed by atoms with E-state index in [0.717, 1.165) is 10.4 Å². The summed E-state index contributed by atoms with van der Waals surface area (Å²) in [6.45, 7) is 0.994. The first-order valence-corrected chi connectivity index (χ1v) is 6.01. The second kappa shape index (κ2) is 5.61. The molecule has 1 aromatic carbocycles. The van der Waals surface area contributed by atoms with Crippen molar-refractivity contribution in [2.75, 3.05) is 0 Å². The molecular weight excluding hydrogens is 236 g/mol. The molecule has 17 heavy (non-hydrogen) atoms. The zero-order valence-electron chi connectivity index (χ0n) is 9.13. The Labute approximate surface area is 103 Å². The first kappa shape index (κ1) is 11.8. The number of aromatic carboxylic acids is 1. The molecule has 2 rings (SSSR count). The van der Waals surface area contributed by atoms with Crippen LogP contribution in [0.4, 0.5) is 0 Å². The van der Waals surface area contributed by atoms with Crippen molar-refractivity contribution in [1.82, 2.24) is 0 Å². The van der Waals surface area contributed by atoms with Gasteiger partial charge in [0, 0.05) is 4.88 Å². The van der Waals surface area contributed by atoms with Crippen molar-refractivity contribution in [2.45, 2.75) is 13.2 Å². The van der Waals surface area contributed by atoms with E-state index in [0.29, 0.717) is 18.1 Å². The normalized spacial score (nSPS) is 10.4. The van der Waals surface area contributed by atoms with Gasteiger partial charge in [0.05, 0.1) is 13.2 Å². The smallest absolute Gasteiger partial charge is 0.345 e. The second-order valence-electron chi connectivity index (χ2n) is 3.55. The maximum Gasteiger partial charge on any atom is 0.345 e. The zero-order chi connectivity index (χ0) is 12.1. The summed E-state index contributed by atoms with van der Waals surface area (Å²) in [5.74, 6) is -0.885. The number of benzene rings is 1. The fourth-order valence-corrected chi connectivity index (χ4v) is 2.20. The van der Waals surface area contributed by atoms with Crippen molar-refractivity contribution in [1.29, 1.82) is 0 Å². The highest BCUT2D eigenvalue weighted by atomic mass is 32.1. The summed E-state index contributed by atoms with van der Waals surface area (Å²) in [7, 11) is 0. The lowest BCUT2D eigenvalue weighted by Gasteiger charge is -2.02. The molecular formula is C13H12O3S. The topological polar surface area (TPSA) is 46.5 Å². The van der Waals surface area contributed by atoms with Gasteiger partial charge in [-0.25, -0.2) is 4.79 Å². The highest BCUT2D eigenvalue weighted by Gasteiger charge is 2.06. The Hall–Kier alpha value is -1.65. The molecule has 1 N–H and O–H groups in total. The molecule has 1 heterocycles. The first-order valence-electron chi connectivity index (χ1n) is 5.19. The molecule has 0 amide bonds.